The van der Waals surface area contributed by atoms with E-state index in [1.165, 1.54) is 10.6 Å². The molecule has 158 valence electrons. The van der Waals surface area contributed by atoms with Crippen molar-refractivity contribution in [1.82, 2.24) is 25.3 Å². The van der Waals surface area contributed by atoms with Gasteiger partial charge in [0, 0.05) is 43.1 Å². The average Bonchev–Trinajstić information content (AvgIpc) is 3.41. The van der Waals surface area contributed by atoms with Crippen molar-refractivity contribution in [2.45, 2.75) is 33.1 Å². The van der Waals surface area contributed by atoms with Crippen molar-refractivity contribution in [2.24, 2.45) is 5.92 Å². The van der Waals surface area contributed by atoms with Gasteiger partial charge in [-0.2, -0.15) is 0 Å². The number of urea groups is 1. The molecular formula is C21H27N7OS. The van der Waals surface area contributed by atoms with E-state index in [2.05, 4.69) is 43.5 Å². The van der Waals surface area contributed by atoms with Gasteiger partial charge < -0.3 is 15.2 Å². The Morgan fingerprint density at radius 1 is 1.30 bits per heavy atom. The number of piperidine rings is 1. The molecule has 1 saturated heterocycles. The maximum Gasteiger partial charge on any atom is 0.321 e. The molecule has 8 nitrogen and oxygen atoms in total. The number of pyridine rings is 1. The number of carbonyl (C=O) groups excluding carboxylic acids is 1. The molecule has 3 aromatic rings. The lowest BCUT2D eigenvalue weighted by Gasteiger charge is -2.34. The number of aryl methyl sites for hydroxylation is 1. The smallest absolute Gasteiger partial charge is 0.321 e. The summed E-state index contributed by atoms with van der Waals surface area (Å²) in [6.45, 7) is 6.61. The van der Waals surface area contributed by atoms with E-state index >= 15 is 0 Å². The first-order chi connectivity index (χ1) is 14.6. The zero-order valence-electron chi connectivity index (χ0n) is 17.3. The molecule has 9 heteroatoms. The molecule has 1 aliphatic rings. The van der Waals surface area contributed by atoms with Crippen LogP contribution >= 0.6 is 11.3 Å². The van der Waals surface area contributed by atoms with Crippen molar-refractivity contribution in [2.75, 3.05) is 29.9 Å². The Balaban J connectivity index is 1.31. The molecule has 3 aromatic heterocycles. The van der Waals surface area contributed by atoms with E-state index in [-0.39, 0.29) is 6.03 Å². The maximum absolute atomic E-state index is 11.6. The highest BCUT2D eigenvalue weighted by Gasteiger charge is 2.22. The van der Waals surface area contributed by atoms with Gasteiger partial charge in [0.1, 0.15) is 5.69 Å². The summed E-state index contributed by atoms with van der Waals surface area (Å²) in [5, 5.41) is 6.17. The Morgan fingerprint density at radius 3 is 2.83 bits per heavy atom. The number of hydrogen-bond acceptors (Lipinski definition) is 6. The third-order valence-electron chi connectivity index (χ3n) is 5.36. The van der Waals surface area contributed by atoms with Crippen molar-refractivity contribution in [1.29, 1.82) is 0 Å². The fourth-order valence-corrected chi connectivity index (χ4v) is 4.77. The van der Waals surface area contributed by atoms with Crippen molar-refractivity contribution < 1.29 is 4.79 Å². The molecule has 0 atom stereocenters. The minimum absolute atomic E-state index is 0.200. The van der Waals surface area contributed by atoms with Gasteiger partial charge in [-0.15, -0.1) is 11.3 Å². The van der Waals surface area contributed by atoms with Gasteiger partial charge in [0.2, 0.25) is 0 Å². The molecular weight excluding hydrogens is 398 g/mol. The minimum atomic E-state index is -0.200. The van der Waals surface area contributed by atoms with Crippen LogP contribution in [-0.4, -0.2) is 45.6 Å². The second-order valence-corrected chi connectivity index (χ2v) is 8.60. The molecule has 0 radical (unpaired) electrons. The predicted octanol–water partition coefficient (Wildman–Crippen LogP) is 3.84. The van der Waals surface area contributed by atoms with Crippen LogP contribution in [0.25, 0.3) is 11.5 Å². The Bertz CT molecular complexity index is 977. The van der Waals surface area contributed by atoms with Crippen LogP contribution in [0.1, 0.15) is 30.3 Å². The number of nitrogens with one attached hydrogen (secondary N) is 3. The highest BCUT2D eigenvalue weighted by atomic mass is 32.1. The van der Waals surface area contributed by atoms with E-state index in [1.807, 2.05) is 25.4 Å². The van der Waals surface area contributed by atoms with Crippen LogP contribution in [0.3, 0.4) is 0 Å². The minimum Gasteiger partial charge on any atom is -0.370 e. The van der Waals surface area contributed by atoms with Crippen molar-refractivity contribution in [3.05, 3.63) is 41.3 Å². The summed E-state index contributed by atoms with van der Waals surface area (Å²) in [5.74, 6) is 1.43. The van der Waals surface area contributed by atoms with Gasteiger partial charge >= 0.3 is 6.03 Å². The summed E-state index contributed by atoms with van der Waals surface area (Å²) in [6.07, 6.45) is 8.73. The van der Waals surface area contributed by atoms with Crippen molar-refractivity contribution in [3.8, 4) is 11.5 Å². The average molecular weight is 426 g/mol. The third kappa shape index (κ3) is 4.79. The second-order valence-electron chi connectivity index (χ2n) is 7.49. The Labute approximate surface area is 180 Å². The molecule has 1 aliphatic heterocycles. The Hall–Kier alpha value is -2.94. The molecule has 1 fully saturated rings. The van der Waals surface area contributed by atoms with Crippen LogP contribution in [0.4, 0.5) is 15.6 Å². The fraction of sp³-hybridized carbons (Fsp3) is 0.429. The lowest BCUT2D eigenvalue weighted by Crippen LogP contribution is -2.34. The summed E-state index contributed by atoms with van der Waals surface area (Å²) in [4.78, 5) is 31.7. The normalized spacial score (nSPS) is 14.7. The number of aromatic nitrogens is 4. The SMILES string of the molecule is CCNC(=O)Nc1ncc(CC2CCN(c3ccc(-c4ncc[nH]4)nc3C)CC2)s1. The molecule has 0 aromatic carbocycles. The summed E-state index contributed by atoms with van der Waals surface area (Å²) in [7, 11) is 0. The van der Waals surface area contributed by atoms with Gasteiger partial charge in [0.05, 0.1) is 11.4 Å². The quantitative estimate of drug-likeness (QED) is 0.557. The topological polar surface area (TPSA) is 98.8 Å². The largest absolute Gasteiger partial charge is 0.370 e. The predicted molar refractivity (Wildman–Crippen MR) is 120 cm³/mol. The molecule has 0 bridgehead atoms. The molecule has 30 heavy (non-hydrogen) atoms. The highest BCUT2D eigenvalue weighted by molar-refractivity contribution is 7.15. The Morgan fingerprint density at radius 2 is 2.13 bits per heavy atom. The lowest BCUT2D eigenvalue weighted by molar-refractivity contribution is 0.252. The van der Waals surface area contributed by atoms with E-state index < -0.39 is 0 Å². The second kappa shape index (κ2) is 9.25. The van der Waals surface area contributed by atoms with Crippen LogP contribution in [0.2, 0.25) is 0 Å². The molecule has 4 heterocycles. The zero-order valence-corrected chi connectivity index (χ0v) is 18.1. The number of H-pyrrole nitrogens is 1. The van der Waals surface area contributed by atoms with Gasteiger partial charge in [-0.25, -0.2) is 19.7 Å². The lowest BCUT2D eigenvalue weighted by atomic mass is 9.92. The number of rotatable bonds is 6. The number of hydrogen-bond donors (Lipinski definition) is 3. The van der Waals surface area contributed by atoms with Gasteiger partial charge in [-0.3, -0.25) is 5.32 Å². The Kier molecular flexibility index (Phi) is 6.27. The van der Waals surface area contributed by atoms with Gasteiger partial charge in [-0.05, 0) is 51.2 Å². The van der Waals surface area contributed by atoms with E-state index in [4.69, 9.17) is 4.98 Å². The monoisotopic (exact) mass is 425 g/mol. The molecule has 2 amide bonds. The van der Waals surface area contributed by atoms with Crippen LogP contribution in [0.15, 0.2) is 30.7 Å². The summed E-state index contributed by atoms with van der Waals surface area (Å²) in [6, 6.07) is 3.99. The van der Waals surface area contributed by atoms with Gasteiger partial charge in [0.15, 0.2) is 11.0 Å². The van der Waals surface area contributed by atoms with E-state index in [1.54, 1.807) is 17.5 Å². The first-order valence-corrected chi connectivity index (χ1v) is 11.2. The fourth-order valence-electron chi connectivity index (χ4n) is 3.85. The molecule has 0 aliphatic carbocycles. The first-order valence-electron chi connectivity index (χ1n) is 10.3. The number of nitrogens with zero attached hydrogens (tertiary/aromatic N) is 4. The maximum atomic E-state index is 11.6. The van der Waals surface area contributed by atoms with Crippen LogP contribution in [0, 0.1) is 12.8 Å². The first kappa shape index (κ1) is 20.3. The third-order valence-corrected chi connectivity index (χ3v) is 6.29. The van der Waals surface area contributed by atoms with E-state index in [0.29, 0.717) is 17.6 Å². The zero-order chi connectivity index (χ0) is 20.9. The number of anilines is 2. The molecule has 3 N–H and O–H groups in total. The van der Waals surface area contributed by atoms with Crippen LogP contribution < -0.4 is 15.5 Å². The summed E-state index contributed by atoms with van der Waals surface area (Å²) in [5.41, 5.74) is 3.11. The van der Waals surface area contributed by atoms with E-state index in [0.717, 1.165) is 49.6 Å². The number of amides is 2. The van der Waals surface area contributed by atoms with Crippen LogP contribution in [0.5, 0.6) is 0 Å². The van der Waals surface area contributed by atoms with Gasteiger partial charge in [0.25, 0.3) is 0 Å². The highest BCUT2D eigenvalue weighted by Crippen LogP contribution is 2.30. The standard InChI is InChI=1S/C21H27N7OS/c1-3-22-20(29)27-21-25-13-16(30-21)12-15-6-10-28(11-7-15)18-5-4-17(26-14(18)2)19-23-8-9-24-19/h4-5,8-9,13,15H,3,6-7,10-12H2,1-2H3,(H,23,24)(H2,22,25,27,29). The number of imidazole rings is 1. The van der Waals surface area contributed by atoms with Crippen molar-refractivity contribution >= 4 is 28.2 Å². The van der Waals surface area contributed by atoms with E-state index in [9.17, 15) is 4.79 Å². The van der Waals surface area contributed by atoms with Gasteiger partial charge in [-0.1, -0.05) is 0 Å². The number of thiazole rings is 1. The van der Waals surface area contributed by atoms with Crippen molar-refractivity contribution in [3.63, 3.8) is 0 Å². The summed E-state index contributed by atoms with van der Waals surface area (Å²) >= 11 is 1.57. The molecule has 4 rings (SSSR count). The molecule has 0 spiro atoms. The number of carbonyl (C=O) groups is 1. The molecule has 0 unspecified atom stereocenters. The number of aromatic amines is 1. The van der Waals surface area contributed by atoms with Crippen LogP contribution in [-0.2, 0) is 6.42 Å². The summed E-state index contributed by atoms with van der Waals surface area (Å²) < 4.78 is 0. The molecule has 0 saturated carbocycles.